The summed E-state index contributed by atoms with van der Waals surface area (Å²) < 4.78 is 5.10. The Hall–Kier alpha value is -1.51. The molecule has 0 saturated carbocycles. The first-order chi connectivity index (χ1) is 5.88. The highest BCUT2D eigenvalue weighted by molar-refractivity contribution is 5.32. The predicted octanol–water partition coefficient (Wildman–Crippen LogP) is 1.83. The largest absolute Gasteiger partial charge is 0.496 e. The number of oxime groups is 1. The van der Waals surface area contributed by atoms with E-state index < -0.39 is 0 Å². The van der Waals surface area contributed by atoms with Crippen molar-refractivity contribution in [2.75, 3.05) is 7.11 Å². The maximum Gasteiger partial charge on any atom is 0.145 e. The first-order valence-corrected chi connectivity index (χ1v) is 3.58. The van der Waals surface area contributed by atoms with Crippen LogP contribution in [0.1, 0.15) is 5.56 Å². The Bertz CT molecular complexity index is 260. The van der Waals surface area contributed by atoms with Crippen LogP contribution in [0.4, 0.5) is 0 Å². The van der Waals surface area contributed by atoms with E-state index in [1.54, 1.807) is 7.11 Å². The van der Waals surface area contributed by atoms with Gasteiger partial charge in [0.25, 0.3) is 0 Å². The van der Waals surface area contributed by atoms with Gasteiger partial charge in [-0.25, -0.2) is 0 Å². The maximum absolute atomic E-state index is 5.10. The van der Waals surface area contributed by atoms with Gasteiger partial charge < -0.3 is 9.57 Å². The van der Waals surface area contributed by atoms with Gasteiger partial charge in [-0.15, -0.1) is 5.16 Å². The number of ether oxygens (including phenoxy) is 1. The molecule has 0 atom stereocenters. The van der Waals surface area contributed by atoms with Gasteiger partial charge in [-0.2, -0.15) is 0 Å². The third-order valence-corrected chi connectivity index (χ3v) is 1.50. The first-order valence-electron chi connectivity index (χ1n) is 3.58. The summed E-state index contributed by atoms with van der Waals surface area (Å²) in [6.45, 7) is 3.61. The lowest BCUT2D eigenvalue weighted by Crippen LogP contribution is -1.92. The van der Waals surface area contributed by atoms with Crippen molar-refractivity contribution >= 4 is 6.72 Å². The van der Waals surface area contributed by atoms with Crippen LogP contribution in [0.15, 0.2) is 29.4 Å². The molecule has 3 heteroatoms. The molecule has 0 fully saturated rings. The highest BCUT2D eigenvalue weighted by Crippen LogP contribution is 2.17. The zero-order valence-corrected chi connectivity index (χ0v) is 6.99. The minimum atomic E-state index is 0.396. The first kappa shape index (κ1) is 8.59. The van der Waals surface area contributed by atoms with E-state index in [2.05, 4.69) is 11.9 Å². The van der Waals surface area contributed by atoms with Crippen LogP contribution in [0.5, 0.6) is 5.75 Å². The van der Waals surface area contributed by atoms with E-state index in [-0.39, 0.29) is 0 Å². The Morgan fingerprint density at radius 1 is 1.42 bits per heavy atom. The van der Waals surface area contributed by atoms with Gasteiger partial charge in [0.05, 0.1) is 7.11 Å². The SMILES string of the molecule is C=NOCc1ccccc1OC. The highest BCUT2D eigenvalue weighted by Gasteiger charge is 1.99. The van der Waals surface area contributed by atoms with Gasteiger partial charge in [0.1, 0.15) is 12.4 Å². The molecule has 1 aromatic carbocycles. The molecule has 12 heavy (non-hydrogen) atoms. The van der Waals surface area contributed by atoms with E-state index in [0.717, 1.165) is 11.3 Å². The van der Waals surface area contributed by atoms with Crippen LogP contribution in [0, 0.1) is 0 Å². The lowest BCUT2D eigenvalue weighted by Gasteiger charge is -2.05. The number of hydrogen-bond donors (Lipinski definition) is 0. The minimum Gasteiger partial charge on any atom is -0.496 e. The molecule has 0 aromatic heterocycles. The van der Waals surface area contributed by atoms with Gasteiger partial charge in [0.2, 0.25) is 0 Å². The molecule has 1 aromatic rings. The third-order valence-electron chi connectivity index (χ3n) is 1.50. The number of nitrogens with zero attached hydrogens (tertiary/aromatic N) is 1. The molecule has 0 heterocycles. The molecule has 0 unspecified atom stereocenters. The van der Waals surface area contributed by atoms with Crippen molar-refractivity contribution in [2.45, 2.75) is 6.61 Å². The second-order valence-electron chi connectivity index (χ2n) is 2.21. The second-order valence-corrected chi connectivity index (χ2v) is 2.21. The Balaban J connectivity index is 2.74. The summed E-state index contributed by atoms with van der Waals surface area (Å²) in [6, 6.07) is 7.62. The summed E-state index contributed by atoms with van der Waals surface area (Å²) in [4.78, 5) is 4.80. The monoisotopic (exact) mass is 165 g/mol. The van der Waals surface area contributed by atoms with Crippen LogP contribution in [0.3, 0.4) is 0 Å². The van der Waals surface area contributed by atoms with E-state index in [1.807, 2.05) is 24.3 Å². The van der Waals surface area contributed by atoms with Gasteiger partial charge in [-0.3, -0.25) is 0 Å². The molecule has 0 aliphatic carbocycles. The van der Waals surface area contributed by atoms with Crippen LogP contribution in [0.25, 0.3) is 0 Å². The minimum absolute atomic E-state index is 0.396. The van der Waals surface area contributed by atoms with Gasteiger partial charge in [0, 0.05) is 12.3 Å². The highest BCUT2D eigenvalue weighted by atomic mass is 16.6. The van der Waals surface area contributed by atoms with Crippen LogP contribution in [-0.4, -0.2) is 13.8 Å². The summed E-state index contributed by atoms with van der Waals surface area (Å²) >= 11 is 0. The summed E-state index contributed by atoms with van der Waals surface area (Å²) in [5.41, 5.74) is 0.965. The van der Waals surface area contributed by atoms with Crippen LogP contribution in [-0.2, 0) is 11.4 Å². The van der Waals surface area contributed by atoms with Crippen molar-refractivity contribution in [2.24, 2.45) is 5.16 Å². The zero-order chi connectivity index (χ0) is 8.81. The van der Waals surface area contributed by atoms with Gasteiger partial charge >= 0.3 is 0 Å². The van der Waals surface area contributed by atoms with Crippen molar-refractivity contribution in [3.63, 3.8) is 0 Å². The van der Waals surface area contributed by atoms with Crippen LogP contribution in [0.2, 0.25) is 0 Å². The molecule has 0 bridgehead atoms. The van der Waals surface area contributed by atoms with E-state index in [0.29, 0.717) is 6.61 Å². The normalized spacial score (nSPS) is 9.08. The van der Waals surface area contributed by atoms with Crippen LogP contribution >= 0.6 is 0 Å². The predicted molar refractivity (Wildman–Crippen MR) is 47.3 cm³/mol. The number of hydrogen-bond acceptors (Lipinski definition) is 3. The standard InChI is InChI=1S/C9H11NO2/c1-10-12-7-8-5-3-4-6-9(8)11-2/h3-6H,1,7H2,2H3. The van der Waals surface area contributed by atoms with Crippen molar-refractivity contribution in [3.8, 4) is 5.75 Å². The van der Waals surface area contributed by atoms with Crippen molar-refractivity contribution in [3.05, 3.63) is 29.8 Å². The molecule has 3 nitrogen and oxygen atoms in total. The summed E-state index contributed by atoms with van der Waals surface area (Å²) in [7, 11) is 1.63. The molecule has 64 valence electrons. The molecule has 0 aliphatic rings. The Morgan fingerprint density at radius 2 is 2.17 bits per heavy atom. The molecule has 0 saturated heterocycles. The Kier molecular flexibility index (Phi) is 3.14. The molecule has 0 aliphatic heterocycles. The molecule has 1 rings (SSSR count). The zero-order valence-electron chi connectivity index (χ0n) is 6.99. The Labute approximate surface area is 71.6 Å². The van der Waals surface area contributed by atoms with Crippen LogP contribution < -0.4 is 4.74 Å². The van der Waals surface area contributed by atoms with E-state index in [4.69, 9.17) is 9.57 Å². The van der Waals surface area contributed by atoms with Crippen molar-refractivity contribution in [1.29, 1.82) is 0 Å². The van der Waals surface area contributed by atoms with E-state index in [9.17, 15) is 0 Å². The Morgan fingerprint density at radius 3 is 2.83 bits per heavy atom. The molecular formula is C9H11NO2. The molecule has 0 spiro atoms. The maximum atomic E-state index is 5.10. The van der Waals surface area contributed by atoms with E-state index >= 15 is 0 Å². The van der Waals surface area contributed by atoms with Gasteiger partial charge in [-0.05, 0) is 6.07 Å². The fraction of sp³-hybridized carbons (Fsp3) is 0.222. The average Bonchev–Trinajstić information content (AvgIpc) is 2.15. The lowest BCUT2D eigenvalue weighted by atomic mass is 10.2. The fourth-order valence-electron chi connectivity index (χ4n) is 0.937. The lowest BCUT2D eigenvalue weighted by molar-refractivity contribution is 0.131. The van der Waals surface area contributed by atoms with Gasteiger partial charge in [0.15, 0.2) is 0 Å². The van der Waals surface area contributed by atoms with Crippen molar-refractivity contribution < 1.29 is 9.57 Å². The smallest absolute Gasteiger partial charge is 0.145 e. The average molecular weight is 165 g/mol. The summed E-state index contributed by atoms with van der Waals surface area (Å²) in [5, 5.41) is 3.30. The summed E-state index contributed by atoms with van der Waals surface area (Å²) in [5.74, 6) is 0.807. The molecule has 0 N–H and O–H groups in total. The summed E-state index contributed by atoms with van der Waals surface area (Å²) in [6.07, 6.45) is 0. The quantitative estimate of drug-likeness (QED) is 0.503. The van der Waals surface area contributed by atoms with Crippen molar-refractivity contribution in [1.82, 2.24) is 0 Å². The molecule has 0 amide bonds. The number of rotatable bonds is 4. The van der Waals surface area contributed by atoms with E-state index in [1.165, 1.54) is 0 Å². The topological polar surface area (TPSA) is 30.8 Å². The second kappa shape index (κ2) is 4.38. The number of benzene rings is 1. The van der Waals surface area contributed by atoms with Gasteiger partial charge in [-0.1, -0.05) is 18.2 Å². The fourth-order valence-corrected chi connectivity index (χ4v) is 0.937. The molecule has 0 radical (unpaired) electrons. The number of para-hydroxylation sites is 1. The third kappa shape index (κ3) is 1.99. The number of methoxy groups -OCH3 is 1. The molecular weight excluding hydrogens is 154 g/mol.